The summed E-state index contributed by atoms with van der Waals surface area (Å²) in [6, 6.07) is 6.07. The Morgan fingerprint density at radius 2 is 1.91 bits per heavy atom. The molecule has 1 aromatic carbocycles. The molecular formula is C15H13F3N2O3. The Balaban J connectivity index is 2.26. The second kappa shape index (κ2) is 6.55. The van der Waals surface area contributed by atoms with Crippen LogP contribution in [0.15, 0.2) is 42.7 Å². The quantitative estimate of drug-likeness (QED) is 0.879. The lowest BCUT2D eigenvalue weighted by molar-refractivity contribution is -0.274. The highest BCUT2D eigenvalue weighted by Crippen LogP contribution is 2.30. The molecular weight excluding hydrogens is 313 g/mol. The van der Waals surface area contributed by atoms with Gasteiger partial charge in [0.2, 0.25) is 0 Å². The Hall–Kier alpha value is -2.77. The molecule has 0 amide bonds. The van der Waals surface area contributed by atoms with E-state index in [0.717, 1.165) is 0 Å². The van der Waals surface area contributed by atoms with Crippen LogP contribution in [0.5, 0.6) is 5.75 Å². The van der Waals surface area contributed by atoms with Crippen molar-refractivity contribution in [2.45, 2.75) is 19.3 Å². The highest BCUT2D eigenvalue weighted by molar-refractivity contribution is 5.82. The largest absolute Gasteiger partial charge is 0.573 e. The van der Waals surface area contributed by atoms with Gasteiger partial charge in [-0.05, 0) is 30.7 Å². The molecule has 0 radical (unpaired) electrons. The molecule has 1 aromatic heterocycles. The van der Waals surface area contributed by atoms with Crippen LogP contribution in [0.25, 0.3) is 11.1 Å². The lowest BCUT2D eigenvalue weighted by atomic mass is 10.0. The first-order valence-corrected chi connectivity index (χ1v) is 6.56. The molecule has 2 rings (SSSR count). The normalized spacial score (nSPS) is 12.5. The van der Waals surface area contributed by atoms with Crippen molar-refractivity contribution in [1.82, 2.24) is 4.98 Å². The van der Waals surface area contributed by atoms with Gasteiger partial charge in [0.25, 0.3) is 0 Å². The summed E-state index contributed by atoms with van der Waals surface area (Å²) in [5, 5.41) is 11.7. The number of nitrogens with one attached hydrogen (secondary N) is 1. The van der Waals surface area contributed by atoms with E-state index in [9.17, 15) is 18.0 Å². The summed E-state index contributed by atoms with van der Waals surface area (Å²) in [6.45, 7) is 1.47. The topological polar surface area (TPSA) is 71.5 Å². The zero-order valence-corrected chi connectivity index (χ0v) is 12.0. The van der Waals surface area contributed by atoms with Crippen molar-refractivity contribution in [3.8, 4) is 16.9 Å². The van der Waals surface area contributed by atoms with Gasteiger partial charge in [-0.1, -0.05) is 12.1 Å². The Morgan fingerprint density at radius 1 is 1.26 bits per heavy atom. The van der Waals surface area contributed by atoms with Crippen molar-refractivity contribution in [2.24, 2.45) is 0 Å². The lowest BCUT2D eigenvalue weighted by Crippen LogP contribution is -2.25. The fraction of sp³-hybridized carbons (Fsp3) is 0.200. The zero-order chi connectivity index (χ0) is 17.0. The molecule has 122 valence electrons. The van der Waals surface area contributed by atoms with Gasteiger partial charge in [-0.25, -0.2) is 0 Å². The Labute approximate surface area is 129 Å². The molecule has 1 atom stereocenters. The van der Waals surface area contributed by atoms with Gasteiger partial charge in [0, 0.05) is 11.8 Å². The van der Waals surface area contributed by atoms with E-state index in [1.165, 1.54) is 43.6 Å². The maximum atomic E-state index is 12.2. The molecule has 8 heteroatoms. The number of nitrogens with zero attached hydrogens (tertiary/aromatic N) is 1. The van der Waals surface area contributed by atoms with E-state index < -0.39 is 18.4 Å². The standard InChI is InChI=1S/C15H13F3N2O3/c1-9(14(21)22)20-13-8-19-7-6-12(13)10-2-4-11(5-3-10)23-15(16,17)18/h2-9,20H,1H3,(H,21,22)/t9-/m0/s1. The molecule has 5 nitrogen and oxygen atoms in total. The predicted molar refractivity (Wildman–Crippen MR) is 77.1 cm³/mol. The fourth-order valence-corrected chi connectivity index (χ4v) is 1.89. The van der Waals surface area contributed by atoms with Crippen LogP contribution in [-0.4, -0.2) is 28.5 Å². The first-order valence-electron chi connectivity index (χ1n) is 6.56. The van der Waals surface area contributed by atoms with Crippen LogP contribution in [0, 0.1) is 0 Å². The monoisotopic (exact) mass is 326 g/mol. The number of carboxylic acid groups (broad SMARTS) is 1. The number of benzene rings is 1. The average molecular weight is 326 g/mol. The fourth-order valence-electron chi connectivity index (χ4n) is 1.89. The maximum Gasteiger partial charge on any atom is 0.573 e. The number of halogens is 3. The molecule has 2 N–H and O–H groups in total. The predicted octanol–water partition coefficient (Wildman–Crippen LogP) is 3.53. The van der Waals surface area contributed by atoms with Gasteiger partial charge in [-0.15, -0.1) is 13.2 Å². The number of rotatable bonds is 5. The third-order valence-electron chi connectivity index (χ3n) is 2.96. The van der Waals surface area contributed by atoms with Crippen LogP contribution >= 0.6 is 0 Å². The van der Waals surface area contributed by atoms with Crippen molar-refractivity contribution >= 4 is 11.7 Å². The number of hydrogen-bond donors (Lipinski definition) is 2. The number of pyridine rings is 1. The molecule has 23 heavy (non-hydrogen) atoms. The number of anilines is 1. The van der Waals surface area contributed by atoms with E-state index >= 15 is 0 Å². The molecule has 0 saturated carbocycles. The van der Waals surface area contributed by atoms with Gasteiger partial charge in [-0.2, -0.15) is 0 Å². The third kappa shape index (κ3) is 4.60. The maximum absolute atomic E-state index is 12.2. The third-order valence-corrected chi connectivity index (χ3v) is 2.96. The Bertz CT molecular complexity index is 687. The molecule has 1 heterocycles. The van der Waals surface area contributed by atoms with Gasteiger partial charge < -0.3 is 15.2 Å². The summed E-state index contributed by atoms with van der Waals surface area (Å²) < 4.78 is 40.3. The summed E-state index contributed by atoms with van der Waals surface area (Å²) in [6.07, 6.45) is -1.79. The summed E-state index contributed by atoms with van der Waals surface area (Å²) in [5.41, 5.74) is 1.68. The molecule has 0 fully saturated rings. The average Bonchev–Trinajstić information content (AvgIpc) is 2.47. The smallest absolute Gasteiger partial charge is 0.480 e. The van der Waals surface area contributed by atoms with Crippen LogP contribution < -0.4 is 10.1 Å². The summed E-state index contributed by atoms with van der Waals surface area (Å²) >= 11 is 0. The minimum atomic E-state index is -4.75. The van der Waals surface area contributed by atoms with Crippen molar-refractivity contribution in [1.29, 1.82) is 0 Å². The number of aliphatic carboxylic acids is 1. The number of aromatic nitrogens is 1. The molecule has 2 aromatic rings. The Morgan fingerprint density at radius 3 is 2.48 bits per heavy atom. The van der Waals surface area contributed by atoms with E-state index in [1.54, 1.807) is 6.07 Å². The molecule has 0 bridgehead atoms. The summed E-state index contributed by atoms with van der Waals surface area (Å²) in [4.78, 5) is 14.8. The van der Waals surface area contributed by atoms with Crippen LogP contribution in [0.4, 0.5) is 18.9 Å². The van der Waals surface area contributed by atoms with Gasteiger partial charge in [0.05, 0.1) is 11.9 Å². The van der Waals surface area contributed by atoms with Crippen LogP contribution in [0.1, 0.15) is 6.92 Å². The van der Waals surface area contributed by atoms with E-state index in [0.29, 0.717) is 16.8 Å². The Kier molecular flexibility index (Phi) is 4.73. The molecule has 0 spiro atoms. The first-order chi connectivity index (χ1) is 10.8. The second-order valence-electron chi connectivity index (χ2n) is 4.70. The van der Waals surface area contributed by atoms with Crippen molar-refractivity contribution in [3.63, 3.8) is 0 Å². The van der Waals surface area contributed by atoms with Crippen LogP contribution in [-0.2, 0) is 4.79 Å². The van der Waals surface area contributed by atoms with Gasteiger partial charge in [-0.3, -0.25) is 9.78 Å². The minimum absolute atomic E-state index is 0.330. The molecule has 0 aliphatic rings. The second-order valence-corrected chi connectivity index (χ2v) is 4.70. The van der Waals surface area contributed by atoms with Crippen LogP contribution in [0.2, 0.25) is 0 Å². The van der Waals surface area contributed by atoms with Crippen LogP contribution in [0.3, 0.4) is 0 Å². The summed E-state index contributed by atoms with van der Waals surface area (Å²) in [7, 11) is 0. The number of ether oxygens (including phenoxy) is 1. The van der Waals surface area contributed by atoms with Crippen molar-refractivity contribution in [2.75, 3.05) is 5.32 Å². The molecule has 0 unspecified atom stereocenters. The lowest BCUT2D eigenvalue weighted by Gasteiger charge is -2.15. The van der Waals surface area contributed by atoms with E-state index in [4.69, 9.17) is 5.11 Å². The highest BCUT2D eigenvalue weighted by Gasteiger charge is 2.31. The first kappa shape index (κ1) is 16.6. The molecule has 0 saturated heterocycles. The van der Waals surface area contributed by atoms with E-state index in [1.807, 2.05) is 0 Å². The number of carboxylic acids is 1. The zero-order valence-electron chi connectivity index (χ0n) is 12.0. The van der Waals surface area contributed by atoms with Crippen molar-refractivity contribution < 1.29 is 27.8 Å². The van der Waals surface area contributed by atoms with Crippen molar-refractivity contribution in [3.05, 3.63) is 42.7 Å². The van der Waals surface area contributed by atoms with Gasteiger partial charge in [0.1, 0.15) is 11.8 Å². The summed E-state index contributed by atoms with van der Waals surface area (Å²) in [5.74, 6) is -1.36. The van der Waals surface area contributed by atoms with Gasteiger partial charge in [0.15, 0.2) is 0 Å². The molecule has 0 aliphatic heterocycles. The van der Waals surface area contributed by atoms with Gasteiger partial charge >= 0.3 is 12.3 Å². The number of alkyl halides is 3. The number of hydrogen-bond acceptors (Lipinski definition) is 4. The number of carbonyl (C=O) groups is 1. The SMILES string of the molecule is C[C@H](Nc1cnccc1-c1ccc(OC(F)(F)F)cc1)C(=O)O. The van der Waals surface area contributed by atoms with E-state index in [2.05, 4.69) is 15.0 Å². The minimum Gasteiger partial charge on any atom is -0.480 e. The van der Waals surface area contributed by atoms with E-state index in [-0.39, 0.29) is 5.75 Å². The molecule has 0 aliphatic carbocycles. The highest BCUT2D eigenvalue weighted by atomic mass is 19.4.